The van der Waals surface area contributed by atoms with Crippen molar-refractivity contribution >= 4 is 44.6 Å². The molecule has 1 aromatic heterocycles. The monoisotopic (exact) mass is 623 g/mol. The highest BCUT2D eigenvalue weighted by molar-refractivity contribution is 7.91. The minimum atomic E-state index is -4.46. The summed E-state index contributed by atoms with van der Waals surface area (Å²) in [5, 5.41) is 11.4. The van der Waals surface area contributed by atoms with Gasteiger partial charge in [0, 0.05) is 26.9 Å². The molecule has 1 N–H and O–H groups in total. The van der Waals surface area contributed by atoms with Crippen molar-refractivity contribution in [1.29, 1.82) is 0 Å². The van der Waals surface area contributed by atoms with E-state index in [1.165, 1.54) is 24.3 Å². The Labute approximate surface area is 243 Å². The van der Waals surface area contributed by atoms with E-state index in [9.17, 15) is 26.4 Å². The largest absolute Gasteiger partial charge is 0.420 e. The first-order valence-corrected chi connectivity index (χ1v) is 14.9. The Morgan fingerprint density at radius 2 is 1.61 bits per heavy atom. The number of alkyl halides is 3. The Kier molecular flexibility index (Phi) is 7.65. The van der Waals surface area contributed by atoms with Crippen LogP contribution in [0.1, 0.15) is 42.3 Å². The zero-order valence-electron chi connectivity index (χ0n) is 21.4. The Hall–Kier alpha value is -3.41. The first-order chi connectivity index (χ1) is 19.3. The molecule has 0 saturated heterocycles. The number of benzene rings is 3. The van der Waals surface area contributed by atoms with Gasteiger partial charge in [0.25, 0.3) is 0 Å². The van der Waals surface area contributed by atoms with Crippen LogP contribution in [0.2, 0.25) is 10.0 Å². The van der Waals surface area contributed by atoms with E-state index >= 15 is 0 Å². The van der Waals surface area contributed by atoms with Crippen LogP contribution in [-0.4, -0.2) is 30.3 Å². The van der Waals surface area contributed by atoms with E-state index in [1.54, 1.807) is 31.2 Å². The number of anilines is 1. The van der Waals surface area contributed by atoms with Crippen molar-refractivity contribution in [3.8, 4) is 11.5 Å². The average Bonchev–Trinajstić information content (AvgIpc) is 3.54. The summed E-state index contributed by atoms with van der Waals surface area (Å²) in [6.45, 7) is 1.56. The lowest BCUT2D eigenvalue weighted by Crippen LogP contribution is -2.16. The highest BCUT2D eigenvalue weighted by Gasteiger charge is 2.53. The highest BCUT2D eigenvalue weighted by atomic mass is 35.5. The Bertz CT molecular complexity index is 1690. The number of nitrogens with one attached hydrogen (secondary N) is 1. The van der Waals surface area contributed by atoms with Gasteiger partial charge < -0.3 is 9.73 Å². The summed E-state index contributed by atoms with van der Waals surface area (Å²) >= 11 is 13.2. The number of hydrogen-bond acceptors (Lipinski definition) is 6. The first kappa shape index (κ1) is 29.1. The lowest BCUT2D eigenvalue weighted by molar-refractivity contribution is -0.137. The number of rotatable bonds is 8. The van der Waals surface area contributed by atoms with Crippen LogP contribution in [0.5, 0.6) is 0 Å². The fourth-order valence-electron chi connectivity index (χ4n) is 4.51. The van der Waals surface area contributed by atoms with Crippen LogP contribution in [0.3, 0.4) is 0 Å². The van der Waals surface area contributed by atoms with Crippen LogP contribution in [-0.2, 0) is 32.6 Å². The quantitative estimate of drug-likeness (QED) is 0.224. The maximum absolute atomic E-state index is 12.9. The molecule has 0 radical (unpaired) electrons. The number of aromatic nitrogens is 2. The smallest absolute Gasteiger partial charge is 0.416 e. The van der Waals surface area contributed by atoms with E-state index in [-0.39, 0.29) is 44.8 Å². The second-order valence-electron chi connectivity index (χ2n) is 9.66. The van der Waals surface area contributed by atoms with Crippen molar-refractivity contribution in [1.82, 2.24) is 10.2 Å². The van der Waals surface area contributed by atoms with Crippen molar-refractivity contribution in [3.05, 3.63) is 93.3 Å². The summed E-state index contributed by atoms with van der Waals surface area (Å²) in [7, 11) is -3.33. The van der Waals surface area contributed by atoms with Gasteiger partial charge in [-0.1, -0.05) is 42.3 Å². The predicted octanol–water partition coefficient (Wildman–Crippen LogP) is 7.12. The zero-order chi connectivity index (χ0) is 29.6. The summed E-state index contributed by atoms with van der Waals surface area (Å²) in [6, 6.07) is 13.7. The molecule has 0 aliphatic heterocycles. The molecule has 0 unspecified atom stereocenters. The fraction of sp³-hybridized carbons (Fsp3) is 0.250. The van der Waals surface area contributed by atoms with Crippen LogP contribution in [0.4, 0.5) is 18.9 Å². The van der Waals surface area contributed by atoms with Gasteiger partial charge in [0.1, 0.15) is 0 Å². The standard InChI is InChI=1S/C28H22Cl2F3N3O4S/c1-2-41(38,39)20-9-3-16(4-10-20)13-23(37)34-19-14-21(29)24(22(30)15-19)27(11-12-27)26-36-35-25(40-26)17-5-7-18(8-6-17)28(31,32)33/h3-10,14-15H,2,11-13H2,1H3,(H,34,37). The van der Waals surface area contributed by atoms with Crippen molar-refractivity contribution < 1.29 is 30.8 Å². The molecule has 1 aliphatic carbocycles. The Balaban J connectivity index is 1.31. The van der Waals surface area contributed by atoms with Crippen molar-refractivity contribution in [2.75, 3.05) is 11.1 Å². The molecule has 214 valence electrons. The molecule has 1 aliphatic rings. The van der Waals surface area contributed by atoms with Crippen molar-refractivity contribution in [3.63, 3.8) is 0 Å². The summed E-state index contributed by atoms with van der Waals surface area (Å²) in [5.41, 5.74) is 0.340. The third-order valence-corrected chi connectivity index (χ3v) is 9.22. The summed E-state index contributed by atoms with van der Waals surface area (Å²) in [5.74, 6) is -0.0634. The van der Waals surface area contributed by atoms with Gasteiger partial charge in [0.2, 0.25) is 17.7 Å². The van der Waals surface area contributed by atoms with Crippen molar-refractivity contribution in [2.24, 2.45) is 0 Å². The van der Waals surface area contributed by atoms with Crippen LogP contribution < -0.4 is 5.32 Å². The van der Waals surface area contributed by atoms with E-state index in [4.69, 9.17) is 27.6 Å². The summed E-state index contributed by atoms with van der Waals surface area (Å²) in [4.78, 5) is 12.9. The molecule has 0 atom stereocenters. The van der Waals surface area contributed by atoms with Crippen LogP contribution in [0, 0.1) is 0 Å². The minimum Gasteiger partial charge on any atom is -0.420 e. The third-order valence-electron chi connectivity index (χ3n) is 6.88. The number of carbonyl (C=O) groups is 1. The zero-order valence-corrected chi connectivity index (χ0v) is 23.8. The van der Waals surface area contributed by atoms with Gasteiger partial charge in [-0.25, -0.2) is 8.42 Å². The Morgan fingerprint density at radius 1 is 1.00 bits per heavy atom. The Morgan fingerprint density at radius 3 is 2.15 bits per heavy atom. The van der Waals surface area contributed by atoms with Gasteiger partial charge in [-0.15, -0.1) is 10.2 Å². The highest BCUT2D eigenvalue weighted by Crippen LogP contribution is 2.57. The van der Waals surface area contributed by atoms with E-state index in [2.05, 4.69) is 15.5 Å². The molecule has 0 spiro atoms. The number of carbonyl (C=O) groups excluding carboxylic acids is 1. The molecule has 7 nitrogen and oxygen atoms in total. The maximum atomic E-state index is 12.9. The van der Waals surface area contributed by atoms with E-state index in [1.807, 2.05) is 0 Å². The molecule has 13 heteroatoms. The number of halogens is 5. The SMILES string of the molecule is CCS(=O)(=O)c1ccc(CC(=O)Nc2cc(Cl)c(C3(c4nnc(-c5ccc(C(F)(F)F)cc5)o4)CC3)c(Cl)c2)cc1. The lowest BCUT2D eigenvalue weighted by Gasteiger charge is -2.17. The second-order valence-corrected chi connectivity index (χ2v) is 12.7. The summed E-state index contributed by atoms with van der Waals surface area (Å²) < 4.78 is 68.5. The molecule has 5 rings (SSSR count). The van der Waals surface area contributed by atoms with Crippen LogP contribution in [0.15, 0.2) is 70.0 Å². The molecular formula is C28H22Cl2F3N3O4S. The average molecular weight is 624 g/mol. The summed E-state index contributed by atoms with van der Waals surface area (Å²) in [6.07, 6.45) is -3.24. The topological polar surface area (TPSA) is 102 Å². The molecule has 3 aromatic carbocycles. The van der Waals surface area contributed by atoms with Crippen molar-refractivity contribution in [2.45, 2.75) is 42.7 Å². The second kappa shape index (κ2) is 10.8. The van der Waals surface area contributed by atoms with Gasteiger partial charge in [0.05, 0.1) is 28.0 Å². The predicted molar refractivity (Wildman–Crippen MR) is 148 cm³/mol. The normalized spacial score (nSPS) is 14.6. The van der Waals surface area contributed by atoms with E-state index < -0.39 is 27.0 Å². The molecular weight excluding hydrogens is 602 g/mol. The van der Waals surface area contributed by atoms with Gasteiger partial charge in [-0.3, -0.25) is 4.79 Å². The third kappa shape index (κ3) is 5.98. The molecule has 41 heavy (non-hydrogen) atoms. The van der Waals surface area contributed by atoms with Gasteiger partial charge in [-0.05, 0) is 66.9 Å². The van der Waals surface area contributed by atoms with Crippen LogP contribution >= 0.6 is 23.2 Å². The fourth-order valence-corrected chi connectivity index (χ4v) is 6.24. The first-order valence-electron chi connectivity index (χ1n) is 12.4. The molecule has 1 heterocycles. The van der Waals surface area contributed by atoms with Gasteiger partial charge in [-0.2, -0.15) is 13.2 Å². The van der Waals surface area contributed by atoms with Gasteiger partial charge >= 0.3 is 6.18 Å². The number of sulfone groups is 1. The van der Waals surface area contributed by atoms with Gasteiger partial charge in [0.15, 0.2) is 9.84 Å². The molecule has 1 amide bonds. The van der Waals surface area contributed by atoms with E-state index in [0.717, 1.165) is 12.1 Å². The lowest BCUT2D eigenvalue weighted by atomic mass is 9.95. The minimum absolute atomic E-state index is 0.00207. The molecule has 1 saturated carbocycles. The molecule has 4 aromatic rings. The molecule has 0 bridgehead atoms. The number of hydrogen-bond donors (Lipinski definition) is 1. The number of nitrogens with zero attached hydrogens (tertiary/aromatic N) is 2. The number of amides is 1. The maximum Gasteiger partial charge on any atom is 0.416 e. The molecule has 1 fully saturated rings. The van der Waals surface area contributed by atoms with Crippen LogP contribution in [0.25, 0.3) is 11.5 Å². The van der Waals surface area contributed by atoms with E-state index in [0.29, 0.717) is 35.2 Å².